The fourth-order valence-electron chi connectivity index (χ4n) is 5.92. The van der Waals surface area contributed by atoms with Crippen molar-refractivity contribution in [1.82, 2.24) is 5.32 Å². The smallest absolute Gasteiger partial charge is 0.328 e. The number of ether oxygens (including phenoxy) is 1. The van der Waals surface area contributed by atoms with Crippen LogP contribution >= 0.6 is 0 Å². The minimum Gasteiger partial charge on any atom is -0.467 e. The van der Waals surface area contributed by atoms with Crippen LogP contribution in [0.1, 0.15) is 44.1 Å². The van der Waals surface area contributed by atoms with Crippen molar-refractivity contribution in [2.24, 2.45) is 23.2 Å². The van der Waals surface area contributed by atoms with Crippen LogP contribution in [0, 0.1) is 29.0 Å². The SMILES string of the molecule is COC(=O)[C@@H](Cc1ccccc1F)NC(=O)C12CC3CC(CC(C3)C1)C2. The van der Waals surface area contributed by atoms with Gasteiger partial charge in [-0.2, -0.15) is 0 Å². The summed E-state index contributed by atoms with van der Waals surface area (Å²) in [6.07, 6.45) is 6.65. The maximum Gasteiger partial charge on any atom is 0.328 e. The van der Waals surface area contributed by atoms with E-state index in [1.807, 2.05) is 0 Å². The maximum absolute atomic E-state index is 14.0. The highest BCUT2D eigenvalue weighted by Gasteiger charge is 2.55. The number of hydrogen-bond acceptors (Lipinski definition) is 3. The highest BCUT2D eigenvalue weighted by Crippen LogP contribution is 2.60. The number of rotatable bonds is 5. The van der Waals surface area contributed by atoms with Crippen LogP contribution in [-0.4, -0.2) is 25.0 Å². The summed E-state index contributed by atoms with van der Waals surface area (Å²) in [7, 11) is 1.30. The zero-order valence-corrected chi connectivity index (χ0v) is 15.2. The number of carbonyl (C=O) groups excluding carboxylic acids is 2. The van der Waals surface area contributed by atoms with E-state index in [9.17, 15) is 14.0 Å². The second-order valence-corrected chi connectivity index (χ2v) is 8.54. The number of amides is 1. The molecule has 5 heteroatoms. The Morgan fingerprint density at radius 1 is 1.15 bits per heavy atom. The third-order valence-corrected chi connectivity index (χ3v) is 6.69. The van der Waals surface area contributed by atoms with Crippen molar-refractivity contribution in [3.8, 4) is 0 Å². The van der Waals surface area contributed by atoms with Gasteiger partial charge in [-0.05, 0) is 67.9 Å². The lowest BCUT2D eigenvalue weighted by Crippen LogP contribution is -2.56. The Hall–Kier alpha value is -1.91. The molecule has 1 N–H and O–H groups in total. The van der Waals surface area contributed by atoms with Crippen LogP contribution in [0.15, 0.2) is 24.3 Å². The monoisotopic (exact) mass is 359 g/mol. The molecule has 26 heavy (non-hydrogen) atoms. The van der Waals surface area contributed by atoms with E-state index in [0.29, 0.717) is 23.3 Å². The molecule has 0 aliphatic heterocycles. The Labute approximate surface area is 153 Å². The van der Waals surface area contributed by atoms with Crippen LogP contribution < -0.4 is 5.32 Å². The normalized spacial score (nSPS) is 32.9. The van der Waals surface area contributed by atoms with Gasteiger partial charge in [0.05, 0.1) is 7.11 Å². The van der Waals surface area contributed by atoms with Crippen molar-refractivity contribution in [3.63, 3.8) is 0 Å². The van der Waals surface area contributed by atoms with E-state index in [1.54, 1.807) is 18.2 Å². The molecular formula is C21H26FNO3. The molecule has 1 aromatic rings. The number of esters is 1. The predicted octanol–water partition coefficient (Wildman–Crippen LogP) is 3.24. The summed E-state index contributed by atoms with van der Waals surface area (Å²) in [6, 6.07) is 5.50. The van der Waals surface area contributed by atoms with E-state index in [2.05, 4.69) is 5.32 Å². The van der Waals surface area contributed by atoms with Gasteiger partial charge in [0.15, 0.2) is 0 Å². The van der Waals surface area contributed by atoms with Gasteiger partial charge in [-0.1, -0.05) is 18.2 Å². The summed E-state index contributed by atoms with van der Waals surface area (Å²) >= 11 is 0. The molecule has 140 valence electrons. The van der Waals surface area contributed by atoms with Gasteiger partial charge >= 0.3 is 5.97 Å². The average Bonchev–Trinajstić information content (AvgIpc) is 2.61. The zero-order valence-electron chi connectivity index (χ0n) is 15.2. The zero-order chi connectivity index (χ0) is 18.3. The summed E-state index contributed by atoms with van der Waals surface area (Å²) < 4.78 is 18.9. The number of methoxy groups -OCH3 is 1. The van der Waals surface area contributed by atoms with E-state index >= 15 is 0 Å². The van der Waals surface area contributed by atoms with Crippen LogP contribution in [0.3, 0.4) is 0 Å². The Morgan fingerprint density at radius 2 is 1.73 bits per heavy atom. The average molecular weight is 359 g/mol. The topological polar surface area (TPSA) is 55.4 Å². The largest absolute Gasteiger partial charge is 0.467 e. The van der Waals surface area contributed by atoms with Gasteiger partial charge in [0.1, 0.15) is 11.9 Å². The van der Waals surface area contributed by atoms with Crippen molar-refractivity contribution in [2.75, 3.05) is 7.11 Å². The minimum absolute atomic E-state index is 0.0386. The van der Waals surface area contributed by atoms with Crippen molar-refractivity contribution in [3.05, 3.63) is 35.6 Å². The second kappa shape index (κ2) is 6.67. The van der Waals surface area contributed by atoms with Gasteiger partial charge < -0.3 is 10.1 Å². The van der Waals surface area contributed by atoms with E-state index in [0.717, 1.165) is 19.3 Å². The third kappa shape index (κ3) is 3.12. The van der Waals surface area contributed by atoms with E-state index in [1.165, 1.54) is 32.4 Å². The van der Waals surface area contributed by atoms with Gasteiger partial charge in [-0.15, -0.1) is 0 Å². The Kier molecular flexibility index (Phi) is 4.49. The molecule has 1 atom stereocenters. The fourth-order valence-corrected chi connectivity index (χ4v) is 5.92. The third-order valence-electron chi connectivity index (χ3n) is 6.69. The Bertz CT molecular complexity index is 682. The summed E-state index contributed by atoms with van der Waals surface area (Å²) in [4.78, 5) is 25.4. The molecule has 0 radical (unpaired) electrons. The van der Waals surface area contributed by atoms with Crippen molar-refractivity contribution >= 4 is 11.9 Å². The van der Waals surface area contributed by atoms with Gasteiger partial charge in [-0.25, -0.2) is 9.18 Å². The number of benzene rings is 1. The summed E-state index contributed by atoms with van der Waals surface area (Å²) in [5.74, 6) is 1.01. The van der Waals surface area contributed by atoms with Crippen LogP contribution in [0.4, 0.5) is 4.39 Å². The fraction of sp³-hybridized carbons (Fsp3) is 0.619. The van der Waals surface area contributed by atoms with Gasteiger partial charge in [-0.3, -0.25) is 4.79 Å². The molecule has 1 amide bonds. The van der Waals surface area contributed by atoms with Gasteiger partial charge in [0, 0.05) is 11.8 Å². The van der Waals surface area contributed by atoms with Crippen molar-refractivity contribution < 1.29 is 18.7 Å². The lowest BCUT2D eigenvalue weighted by molar-refractivity contribution is -0.152. The second-order valence-electron chi connectivity index (χ2n) is 8.54. The molecule has 4 nitrogen and oxygen atoms in total. The molecule has 0 heterocycles. The molecule has 0 saturated heterocycles. The van der Waals surface area contributed by atoms with Crippen molar-refractivity contribution in [2.45, 2.75) is 51.0 Å². The number of nitrogens with one attached hydrogen (secondary N) is 1. The first-order chi connectivity index (χ1) is 12.5. The molecular weight excluding hydrogens is 333 g/mol. The Balaban J connectivity index is 1.51. The van der Waals surface area contributed by atoms with E-state index < -0.39 is 12.0 Å². The minimum atomic E-state index is -0.850. The van der Waals surface area contributed by atoms with Crippen LogP contribution in [0.5, 0.6) is 0 Å². The molecule has 4 saturated carbocycles. The van der Waals surface area contributed by atoms with E-state index in [-0.39, 0.29) is 23.6 Å². The molecule has 4 aliphatic rings. The first-order valence-electron chi connectivity index (χ1n) is 9.61. The summed E-state index contributed by atoms with van der Waals surface area (Å²) in [6.45, 7) is 0. The van der Waals surface area contributed by atoms with Gasteiger partial charge in [0.25, 0.3) is 0 Å². The van der Waals surface area contributed by atoms with Crippen LogP contribution in [0.25, 0.3) is 0 Å². The quantitative estimate of drug-likeness (QED) is 0.821. The van der Waals surface area contributed by atoms with Gasteiger partial charge in [0.2, 0.25) is 5.91 Å². The summed E-state index contributed by atoms with van der Waals surface area (Å²) in [5, 5.41) is 2.92. The number of halogens is 1. The van der Waals surface area contributed by atoms with Crippen molar-refractivity contribution in [1.29, 1.82) is 0 Å². The first-order valence-corrected chi connectivity index (χ1v) is 9.61. The highest BCUT2D eigenvalue weighted by atomic mass is 19.1. The molecule has 4 fully saturated rings. The molecule has 5 rings (SSSR count). The van der Waals surface area contributed by atoms with Crippen LogP contribution in [0.2, 0.25) is 0 Å². The summed E-state index contributed by atoms with van der Waals surface area (Å²) in [5.41, 5.74) is 0.0738. The lowest BCUT2D eigenvalue weighted by Gasteiger charge is -2.55. The molecule has 4 bridgehead atoms. The maximum atomic E-state index is 14.0. The molecule has 1 aromatic carbocycles. The first kappa shape index (κ1) is 17.5. The molecule has 0 aromatic heterocycles. The number of hydrogen-bond donors (Lipinski definition) is 1. The predicted molar refractivity (Wildman–Crippen MR) is 94.7 cm³/mol. The highest BCUT2D eigenvalue weighted by molar-refractivity contribution is 5.88. The molecule has 4 aliphatic carbocycles. The molecule has 0 unspecified atom stereocenters. The number of carbonyl (C=O) groups is 2. The van der Waals surface area contributed by atoms with Crippen LogP contribution in [-0.2, 0) is 20.7 Å². The molecule has 0 spiro atoms. The lowest BCUT2D eigenvalue weighted by atomic mass is 9.49. The Morgan fingerprint density at radius 3 is 2.27 bits per heavy atom. The van der Waals surface area contributed by atoms with E-state index in [4.69, 9.17) is 4.74 Å². The standard InChI is InChI=1S/C21H26FNO3/c1-26-19(24)18(9-16-4-2-3-5-17(16)22)23-20(25)21-10-13-6-14(11-21)8-15(7-13)12-21/h2-5,13-15,18H,6-12H2,1H3,(H,23,25)/t13?,14?,15?,18-,21?/m1/s1.